The van der Waals surface area contributed by atoms with Crippen molar-refractivity contribution in [3.63, 3.8) is 0 Å². The quantitative estimate of drug-likeness (QED) is 0.338. The minimum Gasteiger partial charge on any atom is -0.335 e. The molecule has 1 atom stereocenters. The van der Waals surface area contributed by atoms with Gasteiger partial charge >= 0.3 is 6.03 Å². The molecule has 7 heteroatoms. The molecule has 0 spiro atoms. The summed E-state index contributed by atoms with van der Waals surface area (Å²) in [4.78, 5) is 21.6. The van der Waals surface area contributed by atoms with Crippen LogP contribution in [0.15, 0.2) is 78.6 Å². The van der Waals surface area contributed by atoms with Crippen LogP contribution in [0.3, 0.4) is 0 Å². The topological polar surface area (TPSA) is 84.2 Å². The Balaban J connectivity index is 1.97. The summed E-state index contributed by atoms with van der Waals surface area (Å²) in [6, 6.07) is 3.39. The van der Waals surface area contributed by atoms with E-state index in [4.69, 9.17) is 0 Å². The van der Waals surface area contributed by atoms with E-state index in [1.54, 1.807) is 29.1 Å². The maximum absolute atomic E-state index is 12.5. The highest BCUT2D eigenvalue weighted by Crippen LogP contribution is 2.20. The number of nitrogens with zero attached hydrogens (tertiary/aromatic N) is 4. The summed E-state index contributed by atoms with van der Waals surface area (Å²) in [5.41, 5.74) is 3.66. The number of urea groups is 1. The van der Waals surface area contributed by atoms with Gasteiger partial charge in [-0.05, 0) is 57.7 Å². The minimum absolute atomic E-state index is 0.0346. The van der Waals surface area contributed by atoms with Gasteiger partial charge in [-0.2, -0.15) is 5.10 Å². The van der Waals surface area contributed by atoms with E-state index in [0.29, 0.717) is 17.3 Å². The number of carbonyl (C=O) groups is 1. The van der Waals surface area contributed by atoms with Crippen molar-refractivity contribution in [2.24, 2.45) is 12.0 Å². The van der Waals surface area contributed by atoms with Gasteiger partial charge in [-0.1, -0.05) is 49.1 Å². The molecule has 0 aliphatic carbocycles. The number of allylic oxidation sites excluding steroid dienone is 6. The highest BCUT2D eigenvalue weighted by atomic mass is 16.2. The lowest BCUT2D eigenvalue weighted by molar-refractivity contribution is 0.248. The summed E-state index contributed by atoms with van der Waals surface area (Å²) >= 11 is 0. The van der Waals surface area contributed by atoms with Crippen LogP contribution >= 0.6 is 0 Å². The highest BCUT2D eigenvalue weighted by Gasteiger charge is 2.10. The third kappa shape index (κ3) is 8.37. The predicted octanol–water partition coefficient (Wildman–Crippen LogP) is 5.80. The van der Waals surface area contributed by atoms with Crippen LogP contribution in [0.25, 0.3) is 0 Å². The van der Waals surface area contributed by atoms with Crippen molar-refractivity contribution >= 4 is 23.4 Å². The maximum atomic E-state index is 12.5. The molecule has 2 amide bonds. The summed E-state index contributed by atoms with van der Waals surface area (Å²) in [5, 5.41) is 9.95. The van der Waals surface area contributed by atoms with E-state index >= 15 is 0 Å². The lowest BCUT2D eigenvalue weighted by Crippen LogP contribution is -2.36. The first-order valence-corrected chi connectivity index (χ1v) is 11.1. The Bertz CT molecular complexity index is 1060. The Morgan fingerprint density at radius 3 is 2.76 bits per heavy atom. The number of carbonyl (C=O) groups excluding carboxylic acids is 1. The molecule has 2 heterocycles. The van der Waals surface area contributed by atoms with Crippen molar-refractivity contribution < 1.29 is 4.79 Å². The summed E-state index contributed by atoms with van der Waals surface area (Å²) in [7, 11) is 1.84. The van der Waals surface area contributed by atoms with Crippen LogP contribution < -0.4 is 10.6 Å². The number of aromatic nitrogens is 3. The van der Waals surface area contributed by atoms with Gasteiger partial charge in [-0.15, -0.1) is 0 Å². The third-order valence-corrected chi connectivity index (χ3v) is 5.03. The zero-order valence-electron chi connectivity index (χ0n) is 20.0. The highest BCUT2D eigenvalue weighted by molar-refractivity contribution is 6.09. The Morgan fingerprint density at radius 2 is 2.12 bits per heavy atom. The van der Waals surface area contributed by atoms with Crippen LogP contribution in [0.1, 0.15) is 44.2 Å². The third-order valence-electron chi connectivity index (χ3n) is 5.03. The van der Waals surface area contributed by atoms with Gasteiger partial charge in [-0.25, -0.2) is 14.8 Å². The molecule has 1 unspecified atom stereocenters. The van der Waals surface area contributed by atoms with Crippen LogP contribution in [0.5, 0.6) is 0 Å². The number of anilines is 1. The first-order valence-electron chi connectivity index (χ1n) is 11.1. The molecule has 0 radical (unpaired) electrons. The summed E-state index contributed by atoms with van der Waals surface area (Å²) < 4.78 is 1.70. The van der Waals surface area contributed by atoms with Crippen molar-refractivity contribution in [1.82, 2.24) is 20.1 Å². The van der Waals surface area contributed by atoms with Crippen LogP contribution in [-0.4, -0.2) is 32.5 Å². The monoisotopic (exact) mass is 446 g/mol. The number of pyridine rings is 1. The van der Waals surface area contributed by atoms with Crippen molar-refractivity contribution in [3.05, 3.63) is 84.8 Å². The van der Waals surface area contributed by atoms with E-state index in [1.807, 2.05) is 46.2 Å². The van der Waals surface area contributed by atoms with Gasteiger partial charge in [0.2, 0.25) is 0 Å². The van der Waals surface area contributed by atoms with E-state index in [2.05, 4.69) is 51.0 Å². The number of amides is 2. The summed E-state index contributed by atoms with van der Waals surface area (Å²) in [6.07, 6.45) is 15.9. The predicted molar refractivity (Wildman–Crippen MR) is 137 cm³/mol. The molecule has 0 aromatic carbocycles. The molecule has 2 aromatic heterocycles. The lowest BCUT2D eigenvalue weighted by atomic mass is 10.0. The molecule has 2 rings (SSSR count). The number of rotatable bonds is 11. The second-order valence-corrected chi connectivity index (χ2v) is 7.79. The van der Waals surface area contributed by atoms with E-state index in [0.717, 1.165) is 30.4 Å². The smallest absolute Gasteiger partial charge is 0.320 e. The molecular weight excluding hydrogens is 412 g/mol. The molecule has 174 valence electrons. The van der Waals surface area contributed by atoms with Crippen molar-refractivity contribution in [1.29, 1.82) is 0 Å². The first kappa shape index (κ1) is 25.5. The standard InChI is InChI=1S/C26H34N6O/c1-7-10-13-21(8-2)14-11-12-20(5)28-26(33)31-24-16-15-19(4)25(30-24)29-23(9-3)22-17-27-32(6)18-22/h7-10,13,15-18,20H,1,3,11-12,14H2,2,4-6H3,(H2,28,30,31,33)/b13-10-,21-8+,29-23+. The Kier molecular flexibility index (Phi) is 10.0. The number of hydrogen-bond acceptors (Lipinski definition) is 4. The molecule has 0 saturated carbocycles. The first-order chi connectivity index (χ1) is 15.9. The zero-order valence-corrected chi connectivity index (χ0v) is 20.0. The molecule has 2 aromatic rings. The van der Waals surface area contributed by atoms with E-state index in [1.165, 1.54) is 5.57 Å². The molecule has 0 aliphatic heterocycles. The fourth-order valence-corrected chi connectivity index (χ4v) is 3.17. The Labute approximate surface area is 196 Å². The zero-order chi connectivity index (χ0) is 24.2. The molecular formula is C26H34N6O. The second kappa shape index (κ2) is 13.0. The Morgan fingerprint density at radius 1 is 1.33 bits per heavy atom. The van der Waals surface area contributed by atoms with Crippen LogP contribution in [-0.2, 0) is 7.05 Å². The molecule has 0 aliphatic rings. The average Bonchev–Trinajstić information content (AvgIpc) is 3.22. The van der Waals surface area contributed by atoms with Gasteiger partial charge in [0, 0.05) is 24.8 Å². The fraction of sp³-hybridized carbons (Fsp3) is 0.308. The molecule has 0 fully saturated rings. The Hall–Kier alpha value is -3.74. The second-order valence-electron chi connectivity index (χ2n) is 7.79. The number of nitrogens with one attached hydrogen (secondary N) is 2. The van der Waals surface area contributed by atoms with Gasteiger partial charge in [0.25, 0.3) is 0 Å². The van der Waals surface area contributed by atoms with Gasteiger partial charge in [0.1, 0.15) is 5.82 Å². The molecule has 2 N–H and O–H groups in total. The molecule has 7 nitrogen and oxygen atoms in total. The van der Waals surface area contributed by atoms with Gasteiger partial charge in [0.15, 0.2) is 5.82 Å². The molecule has 0 saturated heterocycles. The number of hydrogen-bond donors (Lipinski definition) is 2. The largest absolute Gasteiger partial charge is 0.335 e. The normalized spacial score (nSPS) is 13.1. The van der Waals surface area contributed by atoms with Crippen LogP contribution in [0.2, 0.25) is 0 Å². The molecule has 33 heavy (non-hydrogen) atoms. The van der Waals surface area contributed by atoms with E-state index < -0.39 is 0 Å². The number of aliphatic imine (C=N–C) groups is 1. The molecule has 0 bridgehead atoms. The van der Waals surface area contributed by atoms with Crippen molar-refractivity contribution in [2.45, 2.75) is 46.1 Å². The fourth-order valence-electron chi connectivity index (χ4n) is 3.17. The van der Waals surface area contributed by atoms with Crippen molar-refractivity contribution in [2.75, 3.05) is 5.32 Å². The maximum Gasteiger partial charge on any atom is 0.320 e. The van der Waals surface area contributed by atoms with Crippen LogP contribution in [0.4, 0.5) is 16.4 Å². The van der Waals surface area contributed by atoms with Crippen molar-refractivity contribution in [3.8, 4) is 0 Å². The summed E-state index contributed by atoms with van der Waals surface area (Å²) in [6.45, 7) is 13.5. The van der Waals surface area contributed by atoms with Crippen LogP contribution in [0, 0.1) is 6.92 Å². The summed E-state index contributed by atoms with van der Waals surface area (Å²) in [5.74, 6) is 0.954. The van der Waals surface area contributed by atoms with E-state index in [-0.39, 0.29) is 12.1 Å². The SMILES string of the molecule is C=C/C=C\C(=C/C)CCCC(C)NC(=O)Nc1ccc(C)c(/N=C(\C=C)c2cnn(C)c2)n1. The number of aryl methyl sites for hydroxylation is 2. The van der Waals surface area contributed by atoms with Gasteiger partial charge in [0.05, 0.1) is 11.9 Å². The average molecular weight is 447 g/mol. The minimum atomic E-state index is -0.289. The van der Waals surface area contributed by atoms with E-state index in [9.17, 15) is 4.79 Å². The lowest BCUT2D eigenvalue weighted by Gasteiger charge is -2.15. The van der Waals surface area contributed by atoms with Gasteiger partial charge < -0.3 is 5.32 Å². The van der Waals surface area contributed by atoms with Gasteiger partial charge in [-0.3, -0.25) is 10.00 Å².